The molecular weight excluding hydrogens is 215 g/mol. The van der Waals surface area contributed by atoms with Gasteiger partial charge in [-0.1, -0.05) is 13.0 Å². The van der Waals surface area contributed by atoms with Crippen LogP contribution < -0.4 is 10.6 Å². The van der Waals surface area contributed by atoms with E-state index in [2.05, 4.69) is 11.8 Å². The lowest BCUT2D eigenvalue weighted by Crippen LogP contribution is -2.35. The van der Waals surface area contributed by atoms with Gasteiger partial charge in [-0.3, -0.25) is 0 Å². The lowest BCUT2D eigenvalue weighted by molar-refractivity contribution is 0.445. The highest BCUT2D eigenvalue weighted by Gasteiger charge is 2.19. The Balaban J connectivity index is 2.27. The van der Waals surface area contributed by atoms with Crippen molar-refractivity contribution in [2.75, 3.05) is 24.5 Å². The van der Waals surface area contributed by atoms with E-state index in [4.69, 9.17) is 5.73 Å². The molecule has 1 aliphatic rings. The number of hydrogen-bond acceptors (Lipinski definition) is 2. The maximum absolute atomic E-state index is 13.8. The number of hydrogen-bond donors (Lipinski definition) is 1. The summed E-state index contributed by atoms with van der Waals surface area (Å²) in [5.41, 5.74) is 7.40. The van der Waals surface area contributed by atoms with Crippen LogP contribution in [0.5, 0.6) is 0 Å². The summed E-state index contributed by atoms with van der Waals surface area (Å²) in [6.45, 7) is 4.82. The molecule has 0 aromatic heterocycles. The third-order valence-corrected chi connectivity index (χ3v) is 3.49. The Morgan fingerprint density at radius 3 is 3.00 bits per heavy atom. The Kier molecular flexibility index (Phi) is 4.00. The minimum Gasteiger partial charge on any atom is -0.371 e. The van der Waals surface area contributed by atoms with Crippen LogP contribution in [-0.2, 0) is 6.42 Å². The highest BCUT2D eigenvalue weighted by molar-refractivity contribution is 5.54. The highest BCUT2D eigenvalue weighted by Crippen LogP contribution is 2.28. The Morgan fingerprint density at radius 1 is 1.47 bits per heavy atom. The summed E-state index contributed by atoms with van der Waals surface area (Å²) in [6, 6.07) is 5.35. The molecule has 94 valence electrons. The minimum absolute atomic E-state index is 0.119. The van der Waals surface area contributed by atoms with Crippen LogP contribution in [0.4, 0.5) is 10.1 Å². The van der Waals surface area contributed by atoms with Gasteiger partial charge >= 0.3 is 0 Å². The van der Waals surface area contributed by atoms with Crippen molar-refractivity contribution in [2.45, 2.75) is 26.2 Å². The molecule has 0 amide bonds. The van der Waals surface area contributed by atoms with E-state index in [0.29, 0.717) is 18.9 Å². The zero-order chi connectivity index (χ0) is 12.3. The third-order valence-electron chi connectivity index (χ3n) is 3.49. The molecule has 2 rings (SSSR count). The summed E-state index contributed by atoms with van der Waals surface area (Å²) in [6.07, 6.45) is 3.09. The van der Waals surface area contributed by atoms with Gasteiger partial charge in [-0.25, -0.2) is 4.39 Å². The molecule has 1 aromatic rings. The van der Waals surface area contributed by atoms with Gasteiger partial charge in [0.05, 0.1) is 0 Å². The van der Waals surface area contributed by atoms with E-state index in [1.54, 1.807) is 6.07 Å². The summed E-state index contributed by atoms with van der Waals surface area (Å²) in [5, 5.41) is 0. The molecule has 1 atom stereocenters. The molecule has 0 spiro atoms. The molecule has 1 unspecified atom stereocenters. The number of piperidine rings is 1. The fourth-order valence-electron chi connectivity index (χ4n) is 2.64. The van der Waals surface area contributed by atoms with Gasteiger partial charge < -0.3 is 10.6 Å². The van der Waals surface area contributed by atoms with E-state index < -0.39 is 0 Å². The molecule has 1 heterocycles. The summed E-state index contributed by atoms with van der Waals surface area (Å²) in [7, 11) is 0. The Morgan fingerprint density at radius 2 is 2.29 bits per heavy atom. The normalized spacial score (nSPS) is 20.6. The first-order chi connectivity index (χ1) is 8.22. The number of halogens is 1. The first-order valence-electron chi connectivity index (χ1n) is 6.44. The van der Waals surface area contributed by atoms with E-state index in [-0.39, 0.29) is 5.82 Å². The van der Waals surface area contributed by atoms with Crippen molar-refractivity contribution in [3.8, 4) is 0 Å². The largest absolute Gasteiger partial charge is 0.371 e. The van der Waals surface area contributed by atoms with Gasteiger partial charge in [0.2, 0.25) is 0 Å². The standard InChI is InChI=1S/C14H21FN2/c1-11-4-3-9-17(10-11)14-6-2-5-13(15)12(14)7-8-16/h2,5-6,11H,3-4,7-10,16H2,1H3. The summed E-state index contributed by atoms with van der Waals surface area (Å²) in [5.74, 6) is 0.573. The maximum atomic E-state index is 13.8. The second-order valence-electron chi connectivity index (χ2n) is 4.97. The van der Waals surface area contributed by atoms with Gasteiger partial charge in [-0.15, -0.1) is 0 Å². The molecule has 2 nitrogen and oxygen atoms in total. The van der Waals surface area contributed by atoms with Crippen LogP contribution in [0, 0.1) is 11.7 Å². The molecule has 0 saturated carbocycles. The minimum atomic E-state index is -0.119. The van der Waals surface area contributed by atoms with Crippen LogP contribution >= 0.6 is 0 Å². The lowest BCUT2D eigenvalue weighted by Gasteiger charge is -2.34. The van der Waals surface area contributed by atoms with Gasteiger partial charge in [0, 0.05) is 24.3 Å². The smallest absolute Gasteiger partial charge is 0.128 e. The van der Waals surface area contributed by atoms with Gasteiger partial charge in [0.15, 0.2) is 0 Å². The molecule has 1 fully saturated rings. The first-order valence-corrected chi connectivity index (χ1v) is 6.44. The summed E-state index contributed by atoms with van der Waals surface area (Å²) < 4.78 is 13.8. The second kappa shape index (κ2) is 5.50. The second-order valence-corrected chi connectivity index (χ2v) is 4.97. The van der Waals surface area contributed by atoms with Crippen molar-refractivity contribution in [2.24, 2.45) is 11.7 Å². The highest BCUT2D eigenvalue weighted by atomic mass is 19.1. The van der Waals surface area contributed by atoms with Crippen molar-refractivity contribution in [1.29, 1.82) is 0 Å². The molecule has 2 N–H and O–H groups in total. The molecule has 3 heteroatoms. The van der Waals surface area contributed by atoms with Crippen molar-refractivity contribution in [3.05, 3.63) is 29.6 Å². The zero-order valence-corrected chi connectivity index (χ0v) is 10.5. The van der Waals surface area contributed by atoms with E-state index in [0.717, 1.165) is 24.3 Å². The topological polar surface area (TPSA) is 29.3 Å². The van der Waals surface area contributed by atoms with Crippen molar-refractivity contribution >= 4 is 5.69 Å². The number of benzene rings is 1. The Labute approximate surface area is 103 Å². The van der Waals surface area contributed by atoms with Crippen LogP contribution in [0.1, 0.15) is 25.3 Å². The number of anilines is 1. The number of nitrogens with two attached hydrogens (primary N) is 1. The summed E-state index contributed by atoms with van der Waals surface area (Å²) in [4.78, 5) is 2.31. The van der Waals surface area contributed by atoms with Gasteiger partial charge in [0.25, 0.3) is 0 Å². The quantitative estimate of drug-likeness (QED) is 0.874. The van der Waals surface area contributed by atoms with E-state index in [9.17, 15) is 4.39 Å². The van der Waals surface area contributed by atoms with Gasteiger partial charge in [-0.05, 0) is 43.9 Å². The fraction of sp³-hybridized carbons (Fsp3) is 0.571. The molecule has 0 radical (unpaired) electrons. The van der Waals surface area contributed by atoms with Gasteiger partial charge in [-0.2, -0.15) is 0 Å². The van der Waals surface area contributed by atoms with Crippen molar-refractivity contribution in [1.82, 2.24) is 0 Å². The van der Waals surface area contributed by atoms with E-state index >= 15 is 0 Å². The predicted molar refractivity (Wildman–Crippen MR) is 69.8 cm³/mol. The first kappa shape index (κ1) is 12.4. The molecular formula is C14H21FN2. The van der Waals surface area contributed by atoms with E-state index in [1.807, 2.05) is 6.07 Å². The molecule has 1 aromatic carbocycles. The van der Waals surface area contributed by atoms with Crippen molar-refractivity contribution < 1.29 is 4.39 Å². The predicted octanol–water partition coefficient (Wildman–Crippen LogP) is 2.56. The van der Waals surface area contributed by atoms with Crippen LogP contribution in [0.15, 0.2) is 18.2 Å². The van der Waals surface area contributed by atoms with Crippen LogP contribution in [-0.4, -0.2) is 19.6 Å². The molecule has 0 aliphatic carbocycles. The van der Waals surface area contributed by atoms with E-state index in [1.165, 1.54) is 18.9 Å². The van der Waals surface area contributed by atoms with Crippen LogP contribution in [0.2, 0.25) is 0 Å². The average Bonchev–Trinajstić information content (AvgIpc) is 2.32. The Bertz CT molecular complexity index is 378. The monoisotopic (exact) mass is 236 g/mol. The Hall–Kier alpha value is -1.09. The van der Waals surface area contributed by atoms with Crippen LogP contribution in [0.25, 0.3) is 0 Å². The van der Waals surface area contributed by atoms with Crippen molar-refractivity contribution in [3.63, 3.8) is 0 Å². The number of nitrogens with zero attached hydrogens (tertiary/aromatic N) is 1. The SMILES string of the molecule is CC1CCCN(c2cccc(F)c2CCN)C1. The average molecular weight is 236 g/mol. The molecule has 17 heavy (non-hydrogen) atoms. The maximum Gasteiger partial charge on any atom is 0.128 e. The number of rotatable bonds is 3. The molecule has 0 bridgehead atoms. The van der Waals surface area contributed by atoms with Gasteiger partial charge in [0.1, 0.15) is 5.82 Å². The molecule has 1 aliphatic heterocycles. The van der Waals surface area contributed by atoms with Crippen LogP contribution in [0.3, 0.4) is 0 Å². The zero-order valence-electron chi connectivity index (χ0n) is 10.5. The fourth-order valence-corrected chi connectivity index (χ4v) is 2.64. The molecule has 1 saturated heterocycles. The summed E-state index contributed by atoms with van der Waals surface area (Å²) >= 11 is 0. The third kappa shape index (κ3) is 2.78. The lowest BCUT2D eigenvalue weighted by atomic mass is 9.98.